The third-order valence-electron chi connectivity index (χ3n) is 2.40. The fourth-order valence-corrected chi connectivity index (χ4v) is 1.48. The first-order valence-electron chi connectivity index (χ1n) is 5.84. The highest BCUT2D eigenvalue weighted by atomic mass is 19.4. The fourth-order valence-electron chi connectivity index (χ4n) is 1.48. The Bertz CT molecular complexity index is 368. The second kappa shape index (κ2) is 6.53. The summed E-state index contributed by atoms with van der Waals surface area (Å²) in [6, 6.07) is 0.865. The normalized spacial score (nSPS) is 11.6. The van der Waals surface area contributed by atoms with Gasteiger partial charge in [-0.3, -0.25) is 0 Å². The maximum absolute atomic E-state index is 12.5. The van der Waals surface area contributed by atoms with Crippen molar-refractivity contribution in [2.45, 2.75) is 25.9 Å². The van der Waals surface area contributed by atoms with Crippen LogP contribution in [0.5, 0.6) is 0 Å². The highest BCUT2D eigenvalue weighted by Gasteiger charge is 2.33. The van der Waals surface area contributed by atoms with Gasteiger partial charge in [0.25, 0.3) is 0 Å². The first kappa shape index (κ1) is 14.7. The van der Waals surface area contributed by atoms with E-state index in [0.717, 1.165) is 25.1 Å². The van der Waals surface area contributed by atoms with Gasteiger partial charge in [0.2, 0.25) is 5.95 Å². The summed E-state index contributed by atoms with van der Waals surface area (Å²) in [5.41, 5.74) is 4.52. The molecule has 0 radical (unpaired) electrons. The van der Waals surface area contributed by atoms with Crippen LogP contribution in [0, 0.1) is 0 Å². The lowest BCUT2D eigenvalue weighted by Crippen LogP contribution is -2.32. The number of halogens is 3. The van der Waals surface area contributed by atoms with Crippen LogP contribution in [0.3, 0.4) is 0 Å². The molecule has 0 unspecified atom stereocenters. The fraction of sp³-hybridized carbons (Fsp3) is 0.636. The molecule has 0 aromatic carbocycles. The number of nitrogens with zero attached hydrogens (tertiary/aromatic N) is 3. The molecule has 0 bridgehead atoms. The lowest BCUT2D eigenvalue weighted by Gasteiger charge is -2.22. The van der Waals surface area contributed by atoms with Crippen molar-refractivity contribution in [3.05, 3.63) is 18.0 Å². The quantitative estimate of drug-likeness (QED) is 0.852. The molecule has 1 aromatic heterocycles. The number of anilines is 1. The van der Waals surface area contributed by atoms with Crippen LogP contribution < -0.4 is 10.6 Å². The molecule has 18 heavy (non-hydrogen) atoms. The van der Waals surface area contributed by atoms with Crippen LogP contribution in [0.25, 0.3) is 0 Å². The van der Waals surface area contributed by atoms with E-state index in [-0.39, 0.29) is 5.95 Å². The van der Waals surface area contributed by atoms with Crippen molar-refractivity contribution in [1.29, 1.82) is 0 Å². The zero-order valence-corrected chi connectivity index (χ0v) is 10.2. The Balaban J connectivity index is 2.90. The van der Waals surface area contributed by atoms with Gasteiger partial charge in [-0.1, -0.05) is 13.3 Å². The Morgan fingerprint density at radius 3 is 2.61 bits per heavy atom. The third kappa shape index (κ3) is 4.14. The molecule has 0 amide bonds. The molecule has 0 fully saturated rings. The Labute approximate surface area is 104 Å². The molecule has 0 aliphatic rings. The van der Waals surface area contributed by atoms with E-state index < -0.39 is 11.9 Å². The topological polar surface area (TPSA) is 55.0 Å². The largest absolute Gasteiger partial charge is 0.433 e. The van der Waals surface area contributed by atoms with Crippen molar-refractivity contribution in [2.24, 2.45) is 5.73 Å². The second-order valence-corrected chi connectivity index (χ2v) is 3.87. The van der Waals surface area contributed by atoms with Crippen molar-refractivity contribution in [1.82, 2.24) is 9.97 Å². The molecule has 1 heterocycles. The summed E-state index contributed by atoms with van der Waals surface area (Å²) in [5, 5.41) is 0. The van der Waals surface area contributed by atoms with Crippen LogP contribution in [0.15, 0.2) is 12.3 Å². The zero-order valence-electron chi connectivity index (χ0n) is 10.2. The molecule has 102 valence electrons. The van der Waals surface area contributed by atoms with Crippen LogP contribution in [0.2, 0.25) is 0 Å². The Hall–Kier alpha value is -1.37. The van der Waals surface area contributed by atoms with Gasteiger partial charge in [0.05, 0.1) is 0 Å². The average Bonchev–Trinajstić information content (AvgIpc) is 2.33. The van der Waals surface area contributed by atoms with Crippen molar-refractivity contribution in [3.8, 4) is 0 Å². The second-order valence-electron chi connectivity index (χ2n) is 3.87. The lowest BCUT2D eigenvalue weighted by molar-refractivity contribution is -0.141. The van der Waals surface area contributed by atoms with Crippen LogP contribution >= 0.6 is 0 Å². The van der Waals surface area contributed by atoms with Gasteiger partial charge < -0.3 is 10.6 Å². The van der Waals surface area contributed by atoms with E-state index in [4.69, 9.17) is 5.73 Å². The molecule has 0 atom stereocenters. The summed E-state index contributed by atoms with van der Waals surface area (Å²) in [5.74, 6) is 0.0868. The third-order valence-corrected chi connectivity index (χ3v) is 2.40. The minimum Gasteiger partial charge on any atom is -0.340 e. The summed E-state index contributed by atoms with van der Waals surface area (Å²) < 4.78 is 37.6. The van der Waals surface area contributed by atoms with Gasteiger partial charge in [-0.15, -0.1) is 0 Å². The van der Waals surface area contributed by atoms with Crippen LogP contribution in [0.1, 0.15) is 25.5 Å². The van der Waals surface area contributed by atoms with E-state index >= 15 is 0 Å². The summed E-state index contributed by atoms with van der Waals surface area (Å²) in [4.78, 5) is 9.11. The number of hydrogen-bond acceptors (Lipinski definition) is 4. The standard InChI is InChI=1S/C11H17F3N4/c1-2-3-7-18(8-5-15)10-16-6-4-9(17-10)11(12,13)14/h4,6H,2-3,5,7-8,15H2,1H3. The van der Waals surface area contributed by atoms with E-state index in [2.05, 4.69) is 9.97 Å². The summed E-state index contributed by atoms with van der Waals surface area (Å²) in [6.45, 7) is 3.41. The van der Waals surface area contributed by atoms with Crippen molar-refractivity contribution >= 4 is 5.95 Å². The van der Waals surface area contributed by atoms with Gasteiger partial charge in [0.1, 0.15) is 5.69 Å². The van der Waals surface area contributed by atoms with Gasteiger partial charge in [0.15, 0.2) is 0 Å². The minimum absolute atomic E-state index is 0.0868. The van der Waals surface area contributed by atoms with E-state index in [9.17, 15) is 13.2 Å². The molecule has 0 saturated carbocycles. The van der Waals surface area contributed by atoms with Gasteiger partial charge in [0, 0.05) is 25.8 Å². The maximum atomic E-state index is 12.5. The summed E-state index contributed by atoms with van der Waals surface area (Å²) in [7, 11) is 0. The molecule has 0 spiro atoms. The first-order valence-corrected chi connectivity index (χ1v) is 5.84. The highest BCUT2D eigenvalue weighted by molar-refractivity contribution is 5.30. The molecular formula is C11H17F3N4. The van der Waals surface area contributed by atoms with Gasteiger partial charge in [-0.2, -0.15) is 13.2 Å². The van der Waals surface area contributed by atoms with Crippen LogP contribution in [-0.4, -0.2) is 29.6 Å². The number of aromatic nitrogens is 2. The number of nitrogens with two attached hydrogens (primary N) is 1. The van der Waals surface area contributed by atoms with E-state index in [0.29, 0.717) is 19.6 Å². The van der Waals surface area contributed by atoms with Crippen molar-refractivity contribution in [2.75, 3.05) is 24.5 Å². The van der Waals surface area contributed by atoms with Gasteiger partial charge in [-0.25, -0.2) is 9.97 Å². The number of hydrogen-bond donors (Lipinski definition) is 1. The van der Waals surface area contributed by atoms with E-state index in [1.807, 2.05) is 6.92 Å². The molecule has 0 aliphatic carbocycles. The molecule has 4 nitrogen and oxygen atoms in total. The van der Waals surface area contributed by atoms with Crippen LogP contribution in [-0.2, 0) is 6.18 Å². The SMILES string of the molecule is CCCCN(CCN)c1nccc(C(F)(F)F)n1. The number of unbranched alkanes of at least 4 members (excludes halogenated alkanes) is 1. The number of rotatable bonds is 6. The smallest absolute Gasteiger partial charge is 0.340 e. The molecule has 0 saturated heterocycles. The number of alkyl halides is 3. The molecule has 7 heteroatoms. The molecular weight excluding hydrogens is 245 g/mol. The monoisotopic (exact) mass is 262 g/mol. The Morgan fingerprint density at radius 2 is 2.06 bits per heavy atom. The molecule has 0 aliphatic heterocycles. The highest BCUT2D eigenvalue weighted by Crippen LogP contribution is 2.28. The maximum Gasteiger partial charge on any atom is 0.433 e. The Kier molecular flexibility index (Phi) is 5.33. The summed E-state index contributed by atoms with van der Waals surface area (Å²) >= 11 is 0. The van der Waals surface area contributed by atoms with E-state index in [1.54, 1.807) is 4.90 Å². The Morgan fingerprint density at radius 1 is 1.33 bits per heavy atom. The van der Waals surface area contributed by atoms with Crippen molar-refractivity contribution in [3.63, 3.8) is 0 Å². The molecule has 1 aromatic rings. The minimum atomic E-state index is -4.45. The van der Waals surface area contributed by atoms with Gasteiger partial charge >= 0.3 is 6.18 Å². The average molecular weight is 262 g/mol. The van der Waals surface area contributed by atoms with Gasteiger partial charge in [-0.05, 0) is 12.5 Å². The van der Waals surface area contributed by atoms with Crippen LogP contribution in [0.4, 0.5) is 19.1 Å². The van der Waals surface area contributed by atoms with E-state index in [1.165, 1.54) is 0 Å². The van der Waals surface area contributed by atoms with Crippen molar-refractivity contribution < 1.29 is 13.2 Å². The predicted molar refractivity (Wildman–Crippen MR) is 63.2 cm³/mol. The lowest BCUT2D eigenvalue weighted by atomic mass is 10.3. The zero-order chi connectivity index (χ0) is 13.6. The predicted octanol–water partition coefficient (Wildman–Crippen LogP) is 2.06. The molecule has 2 N–H and O–H groups in total. The first-order chi connectivity index (χ1) is 8.49. The molecule has 1 rings (SSSR count). The summed E-state index contributed by atoms with van der Waals surface area (Å²) in [6.07, 6.45) is -1.52.